The Labute approximate surface area is 436 Å². The van der Waals surface area contributed by atoms with E-state index in [2.05, 4.69) is 93.7 Å². The molecule has 0 saturated heterocycles. The van der Waals surface area contributed by atoms with Crippen LogP contribution in [0.3, 0.4) is 0 Å². The van der Waals surface area contributed by atoms with E-state index in [4.69, 9.17) is 14.2 Å². The predicted molar refractivity (Wildman–Crippen MR) is 306 cm³/mol. The minimum atomic E-state index is -0.812. The zero-order valence-corrected chi connectivity index (χ0v) is 45.4. The Balaban J connectivity index is 4.54. The van der Waals surface area contributed by atoms with Crippen LogP contribution in [0.25, 0.3) is 0 Å². The highest BCUT2D eigenvalue weighted by Gasteiger charge is 2.19. The van der Waals surface area contributed by atoms with Gasteiger partial charge in [0.05, 0.1) is 0 Å². The fraction of sp³-hybridized carbons (Fsp3) is 0.585. The molecule has 0 aliphatic heterocycles. The SMILES string of the molecule is CC\C=C/C=C\C=C/C=C\C=C\C=C/C=C\CCCCCC(=O)OCC(COC(=O)CCCCCCCC/C=C\C=C/CCCCC)OC(=O)CCCCCCCCCCC/C=C\C/C=C\C/C=C\CC. The Morgan fingerprint density at radius 1 is 0.310 bits per heavy atom. The Kier molecular flexibility index (Phi) is 54.0. The maximum atomic E-state index is 12.9. The molecule has 0 aromatic heterocycles. The van der Waals surface area contributed by atoms with E-state index >= 15 is 0 Å². The molecular weight excluding hydrogens is 877 g/mol. The van der Waals surface area contributed by atoms with E-state index in [9.17, 15) is 14.4 Å². The van der Waals surface area contributed by atoms with Gasteiger partial charge in [-0.25, -0.2) is 0 Å². The standard InChI is InChI=1S/C65H102O6/c1-4-7-10-13-16-19-22-25-28-30-32-34-37-40-43-46-49-52-55-58-64(67)70-61-62(60-69-63(66)57-54-51-48-45-42-39-36-27-24-21-18-15-12-9-6-3)71-65(68)59-56-53-50-47-44-41-38-35-33-31-29-26-23-20-17-14-11-8-5-2/h7-8,10-11,13,16-22,24-30,32,34,37,40,43,62H,4-6,9,12,14-15,23,31,33,35-36,38-39,41-42,44-61H2,1-3H3/b10-7-,11-8-,16-13-,20-17-,21-18-,22-19-,27-24-,28-25-,29-26-,32-30+,37-34-,43-40-. The molecule has 0 aliphatic carbocycles. The van der Waals surface area contributed by atoms with Gasteiger partial charge in [-0.15, -0.1) is 0 Å². The molecule has 0 rings (SSSR count). The molecule has 0 fully saturated rings. The van der Waals surface area contributed by atoms with E-state index in [1.165, 1.54) is 77.0 Å². The third kappa shape index (κ3) is 56.1. The van der Waals surface area contributed by atoms with Gasteiger partial charge in [0.25, 0.3) is 0 Å². The number of unbranched alkanes of at least 4 members (excludes halogenated alkanes) is 21. The van der Waals surface area contributed by atoms with E-state index in [1.807, 2.05) is 72.9 Å². The van der Waals surface area contributed by atoms with E-state index < -0.39 is 6.10 Å². The summed E-state index contributed by atoms with van der Waals surface area (Å²) in [5.41, 5.74) is 0. The quantitative estimate of drug-likeness (QED) is 0.0199. The van der Waals surface area contributed by atoms with Crippen LogP contribution in [0.4, 0.5) is 0 Å². The number of carbonyl (C=O) groups is 3. The van der Waals surface area contributed by atoms with Gasteiger partial charge in [-0.05, 0) is 96.3 Å². The second kappa shape index (κ2) is 57.9. The first-order valence-corrected chi connectivity index (χ1v) is 28.5. The van der Waals surface area contributed by atoms with Crippen LogP contribution in [-0.2, 0) is 28.6 Å². The smallest absolute Gasteiger partial charge is 0.306 e. The van der Waals surface area contributed by atoms with Gasteiger partial charge in [0.1, 0.15) is 13.2 Å². The first-order valence-electron chi connectivity index (χ1n) is 28.5. The number of hydrogen-bond donors (Lipinski definition) is 0. The summed E-state index contributed by atoms with van der Waals surface area (Å²) in [6.45, 7) is 6.29. The zero-order valence-electron chi connectivity index (χ0n) is 45.4. The maximum absolute atomic E-state index is 12.9. The van der Waals surface area contributed by atoms with Crippen molar-refractivity contribution in [3.8, 4) is 0 Å². The first-order chi connectivity index (χ1) is 35.0. The number of carbonyl (C=O) groups excluding carboxylic acids is 3. The summed E-state index contributed by atoms with van der Waals surface area (Å²) in [7, 11) is 0. The fourth-order valence-electron chi connectivity index (χ4n) is 7.31. The molecule has 0 aromatic rings. The van der Waals surface area contributed by atoms with Crippen LogP contribution in [0.2, 0.25) is 0 Å². The van der Waals surface area contributed by atoms with Gasteiger partial charge >= 0.3 is 17.9 Å². The summed E-state index contributed by atoms with van der Waals surface area (Å²) in [5, 5.41) is 0. The molecule has 1 atom stereocenters. The number of hydrogen-bond acceptors (Lipinski definition) is 6. The van der Waals surface area contributed by atoms with Crippen LogP contribution in [0, 0.1) is 0 Å². The van der Waals surface area contributed by atoms with Crippen LogP contribution in [-0.4, -0.2) is 37.2 Å². The molecule has 0 heterocycles. The van der Waals surface area contributed by atoms with Crippen molar-refractivity contribution in [1.29, 1.82) is 0 Å². The molecule has 0 spiro atoms. The summed E-state index contributed by atoms with van der Waals surface area (Å²) < 4.78 is 16.8. The van der Waals surface area contributed by atoms with Gasteiger partial charge in [-0.2, -0.15) is 0 Å². The highest BCUT2D eigenvalue weighted by molar-refractivity contribution is 5.71. The molecular formula is C65H102O6. The van der Waals surface area contributed by atoms with E-state index in [0.29, 0.717) is 19.3 Å². The van der Waals surface area contributed by atoms with Crippen molar-refractivity contribution in [3.05, 3.63) is 146 Å². The average Bonchev–Trinajstić information content (AvgIpc) is 3.37. The highest BCUT2D eigenvalue weighted by atomic mass is 16.6. The maximum Gasteiger partial charge on any atom is 0.306 e. The van der Waals surface area contributed by atoms with Gasteiger partial charge in [0.2, 0.25) is 0 Å². The summed E-state index contributed by atoms with van der Waals surface area (Å²) in [6.07, 6.45) is 82.5. The second-order valence-electron chi connectivity index (χ2n) is 18.3. The lowest BCUT2D eigenvalue weighted by Crippen LogP contribution is -2.30. The van der Waals surface area contributed by atoms with Crippen molar-refractivity contribution >= 4 is 17.9 Å². The van der Waals surface area contributed by atoms with Crippen LogP contribution in [0.5, 0.6) is 0 Å². The predicted octanol–water partition coefficient (Wildman–Crippen LogP) is 19.2. The van der Waals surface area contributed by atoms with E-state index in [0.717, 1.165) is 109 Å². The first kappa shape index (κ1) is 66.3. The normalized spacial score (nSPS) is 13.2. The summed E-state index contributed by atoms with van der Waals surface area (Å²) in [4.78, 5) is 38.2. The van der Waals surface area contributed by atoms with E-state index in [-0.39, 0.29) is 31.1 Å². The zero-order chi connectivity index (χ0) is 51.4. The van der Waals surface area contributed by atoms with Gasteiger partial charge in [0, 0.05) is 19.3 Å². The lowest BCUT2D eigenvalue weighted by molar-refractivity contribution is -0.167. The number of allylic oxidation sites excluding steroid dienone is 24. The summed E-state index contributed by atoms with van der Waals surface area (Å²) >= 11 is 0. The fourth-order valence-corrected chi connectivity index (χ4v) is 7.31. The molecule has 0 aromatic carbocycles. The van der Waals surface area contributed by atoms with Crippen molar-refractivity contribution in [3.63, 3.8) is 0 Å². The van der Waals surface area contributed by atoms with Crippen molar-refractivity contribution < 1.29 is 28.6 Å². The lowest BCUT2D eigenvalue weighted by Gasteiger charge is -2.18. The molecule has 71 heavy (non-hydrogen) atoms. The van der Waals surface area contributed by atoms with Gasteiger partial charge in [-0.1, -0.05) is 256 Å². The van der Waals surface area contributed by atoms with E-state index in [1.54, 1.807) is 0 Å². The Bertz CT molecular complexity index is 1590. The largest absolute Gasteiger partial charge is 0.462 e. The van der Waals surface area contributed by atoms with Crippen molar-refractivity contribution in [1.82, 2.24) is 0 Å². The molecule has 6 nitrogen and oxygen atoms in total. The second-order valence-corrected chi connectivity index (χ2v) is 18.3. The van der Waals surface area contributed by atoms with Crippen LogP contribution in [0.1, 0.15) is 226 Å². The van der Waals surface area contributed by atoms with Crippen molar-refractivity contribution in [2.24, 2.45) is 0 Å². The third-order valence-corrected chi connectivity index (χ3v) is 11.5. The average molecular weight is 980 g/mol. The summed E-state index contributed by atoms with van der Waals surface area (Å²) in [5.74, 6) is -0.975. The molecule has 0 bridgehead atoms. The molecule has 0 saturated carbocycles. The molecule has 6 heteroatoms. The van der Waals surface area contributed by atoms with Gasteiger partial charge < -0.3 is 14.2 Å². The van der Waals surface area contributed by atoms with Crippen LogP contribution >= 0.6 is 0 Å². The number of esters is 3. The van der Waals surface area contributed by atoms with Gasteiger partial charge in [0.15, 0.2) is 6.10 Å². The molecule has 0 N–H and O–H groups in total. The van der Waals surface area contributed by atoms with Crippen molar-refractivity contribution in [2.75, 3.05) is 13.2 Å². The Hall–Kier alpha value is -4.71. The number of ether oxygens (including phenoxy) is 3. The highest BCUT2D eigenvalue weighted by Crippen LogP contribution is 2.14. The monoisotopic (exact) mass is 979 g/mol. The van der Waals surface area contributed by atoms with Gasteiger partial charge in [-0.3, -0.25) is 14.4 Å². The Morgan fingerprint density at radius 3 is 1.06 bits per heavy atom. The molecule has 0 aliphatic rings. The minimum absolute atomic E-state index is 0.107. The minimum Gasteiger partial charge on any atom is -0.462 e. The lowest BCUT2D eigenvalue weighted by atomic mass is 10.1. The van der Waals surface area contributed by atoms with Crippen LogP contribution < -0.4 is 0 Å². The topological polar surface area (TPSA) is 78.9 Å². The molecule has 398 valence electrons. The molecule has 1 unspecified atom stereocenters. The molecule has 0 amide bonds. The molecule has 0 radical (unpaired) electrons. The van der Waals surface area contributed by atoms with Crippen LogP contribution in [0.15, 0.2) is 146 Å². The third-order valence-electron chi connectivity index (χ3n) is 11.5. The summed E-state index contributed by atoms with van der Waals surface area (Å²) in [6, 6.07) is 0. The Morgan fingerprint density at radius 2 is 0.620 bits per heavy atom. The van der Waals surface area contributed by atoms with Crippen molar-refractivity contribution in [2.45, 2.75) is 232 Å². The number of rotatable bonds is 49.